The quantitative estimate of drug-likeness (QED) is 0.362. The first-order chi connectivity index (χ1) is 15.7. The lowest BCUT2D eigenvalue weighted by molar-refractivity contribution is 0.178. The summed E-state index contributed by atoms with van der Waals surface area (Å²) in [7, 11) is 0. The lowest BCUT2D eigenvalue weighted by Gasteiger charge is -2.25. The van der Waals surface area contributed by atoms with Crippen LogP contribution in [-0.4, -0.2) is 24.0 Å². The number of fused-ring (bicyclic) bond motifs is 1. The second kappa shape index (κ2) is 8.84. The van der Waals surface area contributed by atoms with Crippen molar-refractivity contribution < 1.29 is 12.6 Å². The van der Waals surface area contributed by atoms with Crippen molar-refractivity contribution in [1.82, 2.24) is 18.9 Å². The Kier molecular flexibility index (Phi) is 6.25. The zero-order valence-corrected chi connectivity index (χ0v) is 20.4. The molecule has 0 spiro atoms. The minimum absolute atomic E-state index is 0.250. The minimum Gasteiger partial charge on any atom is -0.388 e. The van der Waals surface area contributed by atoms with Gasteiger partial charge in [-0.1, -0.05) is 6.07 Å². The molecule has 8 nitrogen and oxygen atoms in total. The number of hydrogen-bond acceptors (Lipinski definition) is 5. The highest BCUT2D eigenvalue weighted by Gasteiger charge is 2.26. The van der Waals surface area contributed by atoms with E-state index in [4.69, 9.17) is 3.07 Å². The van der Waals surface area contributed by atoms with Crippen LogP contribution in [0, 0.1) is 5.82 Å². The van der Waals surface area contributed by atoms with E-state index in [1.165, 1.54) is 25.9 Å². The van der Waals surface area contributed by atoms with Gasteiger partial charge in [-0.3, -0.25) is 13.9 Å². The van der Waals surface area contributed by atoms with Gasteiger partial charge in [-0.05, 0) is 62.6 Å². The molecule has 1 N–H and O–H groups in total. The zero-order valence-electron chi connectivity index (χ0n) is 18.2. The van der Waals surface area contributed by atoms with E-state index in [0.29, 0.717) is 34.3 Å². The normalized spacial score (nSPS) is 11.9. The van der Waals surface area contributed by atoms with Gasteiger partial charge in [0.1, 0.15) is 41.0 Å². The number of aliphatic hydroxyl groups excluding tert-OH is 1. The molecule has 0 aliphatic carbocycles. The van der Waals surface area contributed by atoms with Crippen molar-refractivity contribution in [1.29, 1.82) is 0 Å². The molecule has 4 aromatic rings. The van der Waals surface area contributed by atoms with Crippen molar-refractivity contribution in [2.45, 2.75) is 39.5 Å². The fourth-order valence-electron chi connectivity index (χ4n) is 3.84. The molecule has 0 unspecified atom stereocenters. The Bertz CT molecular complexity index is 1470. The molecule has 0 aliphatic heterocycles. The number of aromatic nitrogens is 4. The van der Waals surface area contributed by atoms with Crippen LogP contribution in [0.25, 0.3) is 22.1 Å². The number of halogens is 2. The molecule has 4 rings (SSSR count). The molecule has 0 saturated carbocycles. The Hall–Kier alpha value is -2.83. The summed E-state index contributed by atoms with van der Waals surface area (Å²) in [4.78, 5) is 26.2. The third-order valence-electron chi connectivity index (χ3n) is 5.57. The first kappa shape index (κ1) is 23.3. The molecule has 0 amide bonds. The first-order valence-corrected chi connectivity index (χ1v) is 11.2. The van der Waals surface area contributed by atoms with Crippen LogP contribution >= 0.6 is 23.0 Å². The van der Waals surface area contributed by atoms with Crippen LogP contribution in [0.15, 0.2) is 58.3 Å². The Balaban J connectivity index is 2.04. The van der Waals surface area contributed by atoms with Crippen molar-refractivity contribution >= 4 is 33.8 Å². The van der Waals surface area contributed by atoms with Crippen LogP contribution in [0.1, 0.15) is 32.2 Å². The molecule has 0 fully saturated rings. The molecule has 2 aromatic carbocycles. The Morgan fingerprint density at radius 3 is 2.48 bits per heavy atom. The van der Waals surface area contributed by atoms with Crippen LogP contribution in [-0.2, 0) is 21.8 Å². The van der Waals surface area contributed by atoms with Crippen LogP contribution in [0.3, 0.4) is 0 Å². The summed E-state index contributed by atoms with van der Waals surface area (Å²) < 4.78 is 23.5. The van der Waals surface area contributed by atoms with E-state index in [1.54, 1.807) is 66.5 Å². The van der Waals surface area contributed by atoms with E-state index in [2.05, 4.69) is 5.10 Å². The first-order valence-electron chi connectivity index (χ1n) is 10.3. The fraction of sp³-hybridized carbons (Fsp3) is 0.261. The van der Waals surface area contributed by atoms with Gasteiger partial charge in [-0.15, -0.1) is 5.10 Å². The zero-order chi connectivity index (χ0) is 23.9. The Labute approximate surface area is 202 Å². The van der Waals surface area contributed by atoms with Gasteiger partial charge >= 0.3 is 5.69 Å². The summed E-state index contributed by atoms with van der Waals surface area (Å²) in [6, 6.07) is 10.7. The second-order valence-electron chi connectivity index (χ2n) is 8.03. The van der Waals surface area contributed by atoms with E-state index in [1.807, 2.05) is 13.8 Å². The number of nitrogens with zero attached hydrogens (tertiary/aromatic N) is 4. The van der Waals surface area contributed by atoms with E-state index in [9.17, 15) is 19.1 Å². The number of pyridine rings is 1. The van der Waals surface area contributed by atoms with Gasteiger partial charge in [0.15, 0.2) is 5.82 Å². The van der Waals surface area contributed by atoms with Gasteiger partial charge in [-0.2, -0.15) is 4.68 Å². The smallest absolute Gasteiger partial charge is 0.350 e. The topological polar surface area (TPSA) is 91.3 Å². The molecule has 33 heavy (non-hydrogen) atoms. The van der Waals surface area contributed by atoms with Crippen molar-refractivity contribution in [3.8, 4) is 11.4 Å². The van der Waals surface area contributed by atoms with Crippen LogP contribution in [0.5, 0.6) is 0 Å². The second-order valence-corrected chi connectivity index (χ2v) is 8.47. The largest absolute Gasteiger partial charge is 0.388 e. The molecular weight excluding hydrogens is 542 g/mol. The summed E-state index contributed by atoms with van der Waals surface area (Å²) >= 11 is 1.80. The molecule has 172 valence electrons. The Morgan fingerprint density at radius 2 is 1.88 bits per heavy atom. The molecule has 0 bridgehead atoms. The van der Waals surface area contributed by atoms with Crippen molar-refractivity contribution in [3.05, 3.63) is 86.7 Å². The van der Waals surface area contributed by atoms with Crippen LogP contribution in [0.2, 0.25) is 0 Å². The third-order valence-corrected chi connectivity index (χ3v) is 6.67. The maximum absolute atomic E-state index is 13.9. The molecule has 0 radical (unpaired) electrons. The fourth-order valence-corrected chi connectivity index (χ4v) is 4.08. The highest BCUT2D eigenvalue weighted by Crippen LogP contribution is 2.33. The molecule has 10 heteroatoms. The van der Waals surface area contributed by atoms with Gasteiger partial charge in [-0.25, -0.2) is 9.18 Å². The summed E-state index contributed by atoms with van der Waals surface area (Å²) in [5.41, 5.74) is -0.0325. The number of aliphatic hydroxyl groups is 1. The van der Waals surface area contributed by atoms with E-state index < -0.39 is 11.4 Å². The maximum atomic E-state index is 13.9. The standard InChI is InChI=1S/C23H22FIN4O4/c1-4-27-20(13-30)26-29(22(27)32)16-8-9-17-18(11-16)19(23(2,3)33-25)12-28(21(17)31)15-7-5-6-14(24)10-15/h5-12,30H,4,13H2,1-3H3. The summed E-state index contributed by atoms with van der Waals surface area (Å²) in [5.74, 6) is -0.202. The summed E-state index contributed by atoms with van der Waals surface area (Å²) in [5, 5.41) is 14.8. The predicted octanol–water partition coefficient (Wildman–Crippen LogP) is 3.59. The lowest BCUT2D eigenvalue weighted by Crippen LogP contribution is -2.26. The number of hydrogen-bond donors (Lipinski definition) is 1. The van der Waals surface area contributed by atoms with E-state index in [0.717, 1.165) is 0 Å². The molecule has 2 heterocycles. The summed E-state index contributed by atoms with van der Waals surface area (Å²) in [6.07, 6.45) is 1.63. The van der Waals surface area contributed by atoms with Crippen molar-refractivity contribution in [2.24, 2.45) is 0 Å². The highest BCUT2D eigenvalue weighted by molar-refractivity contribution is 14.1. The van der Waals surface area contributed by atoms with E-state index in [-0.39, 0.29) is 23.7 Å². The SMILES string of the molecule is CCn1c(CO)nn(-c2ccc3c(=O)n(-c4cccc(F)c4)cc(C(C)(C)OI)c3c2)c1=O. The molecule has 0 aliphatic rings. The van der Waals surface area contributed by atoms with Crippen molar-refractivity contribution in [2.75, 3.05) is 0 Å². The van der Waals surface area contributed by atoms with Crippen LogP contribution < -0.4 is 11.2 Å². The average molecular weight is 564 g/mol. The van der Waals surface area contributed by atoms with Gasteiger partial charge < -0.3 is 8.17 Å². The van der Waals surface area contributed by atoms with Gasteiger partial charge in [0.25, 0.3) is 5.56 Å². The molecule has 0 saturated heterocycles. The molecule has 0 atom stereocenters. The molecule has 2 aromatic heterocycles. The number of rotatable bonds is 6. The van der Waals surface area contributed by atoms with Gasteiger partial charge in [0.2, 0.25) is 0 Å². The highest BCUT2D eigenvalue weighted by atomic mass is 127. The van der Waals surface area contributed by atoms with Crippen molar-refractivity contribution in [3.63, 3.8) is 0 Å². The predicted molar refractivity (Wildman–Crippen MR) is 131 cm³/mol. The number of benzene rings is 2. The van der Waals surface area contributed by atoms with E-state index >= 15 is 0 Å². The summed E-state index contributed by atoms with van der Waals surface area (Å²) in [6.45, 7) is 5.48. The maximum Gasteiger partial charge on any atom is 0.350 e. The minimum atomic E-state index is -0.815. The average Bonchev–Trinajstić information content (AvgIpc) is 3.14. The molecular formula is C23H22FIN4O4. The van der Waals surface area contributed by atoms with Gasteiger partial charge in [0.05, 0.1) is 11.4 Å². The van der Waals surface area contributed by atoms with Gasteiger partial charge in [0, 0.05) is 23.7 Å². The third kappa shape index (κ3) is 4.02. The monoisotopic (exact) mass is 564 g/mol. The van der Waals surface area contributed by atoms with Crippen LogP contribution in [0.4, 0.5) is 4.39 Å². The lowest BCUT2D eigenvalue weighted by atomic mass is 9.94. The Morgan fingerprint density at radius 1 is 1.12 bits per heavy atom.